The summed E-state index contributed by atoms with van der Waals surface area (Å²) >= 11 is 0. The fourth-order valence-electron chi connectivity index (χ4n) is 1.20. The summed E-state index contributed by atoms with van der Waals surface area (Å²) in [6, 6.07) is 5.82. The van der Waals surface area contributed by atoms with E-state index in [1.165, 1.54) is 6.07 Å². The van der Waals surface area contributed by atoms with Crippen molar-refractivity contribution in [3.05, 3.63) is 35.4 Å². The van der Waals surface area contributed by atoms with Crippen molar-refractivity contribution in [2.24, 2.45) is 5.41 Å². The molecule has 14 heavy (non-hydrogen) atoms. The molecule has 1 aromatic carbocycles. The minimum absolute atomic E-state index is 0.417. The van der Waals surface area contributed by atoms with Gasteiger partial charge in [0.25, 0.3) is 0 Å². The van der Waals surface area contributed by atoms with Crippen molar-refractivity contribution in [2.75, 3.05) is 0 Å². The third kappa shape index (κ3) is 2.53. The van der Waals surface area contributed by atoms with Crippen LogP contribution in [-0.4, -0.2) is 0 Å². The van der Waals surface area contributed by atoms with E-state index in [1.807, 2.05) is 0 Å². The van der Waals surface area contributed by atoms with Crippen LogP contribution in [0.4, 0.5) is 8.78 Å². The molecule has 74 valence electrons. The Labute approximate surface area is 82.0 Å². The van der Waals surface area contributed by atoms with Crippen LogP contribution < -0.4 is 0 Å². The van der Waals surface area contributed by atoms with E-state index in [9.17, 15) is 8.78 Å². The van der Waals surface area contributed by atoms with Gasteiger partial charge in [0.15, 0.2) is 11.6 Å². The summed E-state index contributed by atoms with van der Waals surface area (Å²) in [5.74, 6) is -1.72. The van der Waals surface area contributed by atoms with Crippen LogP contribution in [0.1, 0.15) is 19.4 Å². The number of benzene rings is 1. The van der Waals surface area contributed by atoms with Crippen LogP contribution in [0.25, 0.3) is 0 Å². The number of halogens is 2. The molecule has 0 aromatic heterocycles. The molecule has 0 unspecified atom stereocenters. The molecule has 0 saturated heterocycles. The molecular weight excluding hydrogens is 184 g/mol. The van der Waals surface area contributed by atoms with E-state index in [2.05, 4.69) is 6.07 Å². The van der Waals surface area contributed by atoms with E-state index >= 15 is 0 Å². The first-order chi connectivity index (χ1) is 6.44. The Balaban J connectivity index is 2.90. The second kappa shape index (κ2) is 3.75. The summed E-state index contributed by atoms with van der Waals surface area (Å²) in [4.78, 5) is 0. The molecule has 3 heteroatoms. The van der Waals surface area contributed by atoms with Crippen molar-refractivity contribution in [1.29, 1.82) is 5.26 Å². The molecule has 0 N–H and O–H groups in total. The normalized spacial score (nSPS) is 11.1. The summed E-state index contributed by atoms with van der Waals surface area (Å²) < 4.78 is 25.4. The molecule has 0 aliphatic heterocycles. The van der Waals surface area contributed by atoms with Gasteiger partial charge < -0.3 is 0 Å². The van der Waals surface area contributed by atoms with Gasteiger partial charge in [0.05, 0.1) is 11.5 Å². The maximum atomic E-state index is 12.8. The van der Waals surface area contributed by atoms with Gasteiger partial charge in [0, 0.05) is 0 Å². The number of nitrogens with zero attached hydrogens (tertiary/aromatic N) is 1. The molecular formula is C11H11F2N. The lowest BCUT2D eigenvalue weighted by molar-refractivity contribution is 0.481. The number of hydrogen-bond acceptors (Lipinski definition) is 1. The lowest BCUT2D eigenvalue weighted by Crippen LogP contribution is -2.11. The van der Waals surface area contributed by atoms with Gasteiger partial charge in [-0.2, -0.15) is 5.26 Å². The van der Waals surface area contributed by atoms with Gasteiger partial charge in [-0.1, -0.05) is 6.07 Å². The monoisotopic (exact) mass is 195 g/mol. The predicted octanol–water partition coefficient (Wildman–Crippen LogP) is 3.06. The average molecular weight is 195 g/mol. The van der Waals surface area contributed by atoms with E-state index in [-0.39, 0.29) is 0 Å². The minimum atomic E-state index is -0.865. The van der Waals surface area contributed by atoms with Crippen LogP contribution in [0.15, 0.2) is 18.2 Å². The fourth-order valence-corrected chi connectivity index (χ4v) is 1.20. The summed E-state index contributed by atoms with van der Waals surface area (Å²) in [6.07, 6.45) is 0.417. The van der Waals surface area contributed by atoms with E-state index < -0.39 is 17.0 Å². The zero-order valence-electron chi connectivity index (χ0n) is 8.14. The van der Waals surface area contributed by atoms with Crippen molar-refractivity contribution in [1.82, 2.24) is 0 Å². The second-order valence-corrected chi connectivity index (χ2v) is 3.92. The molecule has 0 aliphatic rings. The van der Waals surface area contributed by atoms with Crippen LogP contribution in [0, 0.1) is 28.4 Å². The number of nitriles is 1. The summed E-state index contributed by atoms with van der Waals surface area (Å²) in [7, 11) is 0. The van der Waals surface area contributed by atoms with Crippen LogP contribution in [0.3, 0.4) is 0 Å². The van der Waals surface area contributed by atoms with E-state index in [0.717, 1.165) is 12.1 Å². The van der Waals surface area contributed by atoms with Gasteiger partial charge in [-0.05, 0) is 38.0 Å². The Bertz CT molecular complexity index is 377. The highest BCUT2D eigenvalue weighted by molar-refractivity contribution is 5.20. The zero-order chi connectivity index (χ0) is 10.8. The summed E-state index contributed by atoms with van der Waals surface area (Å²) in [5, 5.41) is 8.76. The Morgan fingerprint density at radius 1 is 1.29 bits per heavy atom. The third-order valence-electron chi connectivity index (χ3n) is 1.93. The average Bonchev–Trinajstić information content (AvgIpc) is 2.11. The molecule has 0 bridgehead atoms. The largest absolute Gasteiger partial charge is 0.204 e. The second-order valence-electron chi connectivity index (χ2n) is 3.92. The Morgan fingerprint density at radius 3 is 2.43 bits per heavy atom. The molecule has 0 aliphatic carbocycles. The number of rotatable bonds is 2. The maximum Gasteiger partial charge on any atom is 0.159 e. The van der Waals surface area contributed by atoms with Crippen molar-refractivity contribution >= 4 is 0 Å². The van der Waals surface area contributed by atoms with E-state index in [1.54, 1.807) is 13.8 Å². The van der Waals surface area contributed by atoms with Crippen LogP contribution in [0.5, 0.6) is 0 Å². The van der Waals surface area contributed by atoms with Gasteiger partial charge in [0.1, 0.15) is 0 Å². The van der Waals surface area contributed by atoms with Gasteiger partial charge in [-0.3, -0.25) is 0 Å². The molecule has 0 heterocycles. The van der Waals surface area contributed by atoms with Gasteiger partial charge >= 0.3 is 0 Å². The molecule has 0 spiro atoms. The van der Waals surface area contributed by atoms with Gasteiger partial charge in [-0.25, -0.2) is 8.78 Å². The molecule has 0 radical (unpaired) electrons. The Hall–Kier alpha value is -1.43. The standard InChI is InChI=1S/C11H11F2N/c1-11(2,7-14)6-8-3-4-9(12)10(13)5-8/h3-5H,6H2,1-2H3. The first-order valence-electron chi connectivity index (χ1n) is 4.30. The van der Waals surface area contributed by atoms with E-state index in [0.29, 0.717) is 12.0 Å². The fraction of sp³-hybridized carbons (Fsp3) is 0.364. The highest BCUT2D eigenvalue weighted by Crippen LogP contribution is 2.21. The lowest BCUT2D eigenvalue weighted by Gasteiger charge is -2.14. The predicted molar refractivity (Wildman–Crippen MR) is 49.5 cm³/mol. The van der Waals surface area contributed by atoms with Crippen molar-refractivity contribution in [2.45, 2.75) is 20.3 Å². The van der Waals surface area contributed by atoms with Gasteiger partial charge in [-0.15, -0.1) is 0 Å². The first-order valence-corrected chi connectivity index (χ1v) is 4.30. The molecule has 0 saturated carbocycles. The smallest absolute Gasteiger partial charge is 0.159 e. The van der Waals surface area contributed by atoms with Gasteiger partial charge in [0.2, 0.25) is 0 Å². The van der Waals surface area contributed by atoms with Crippen LogP contribution in [-0.2, 0) is 6.42 Å². The molecule has 1 rings (SSSR count). The van der Waals surface area contributed by atoms with Crippen LogP contribution >= 0.6 is 0 Å². The maximum absolute atomic E-state index is 12.8. The highest BCUT2D eigenvalue weighted by Gasteiger charge is 2.17. The summed E-state index contributed by atoms with van der Waals surface area (Å²) in [6.45, 7) is 3.52. The zero-order valence-corrected chi connectivity index (χ0v) is 8.14. The lowest BCUT2D eigenvalue weighted by atomic mass is 9.87. The molecule has 0 atom stereocenters. The Morgan fingerprint density at radius 2 is 1.93 bits per heavy atom. The molecule has 1 aromatic rings. The SMILES string of the molecule is CC(C)(C#N)Cc1ccc(F)c(F)c1. The molecule has 0 amide bonds. The topological polar surface area (TPSA) is 23.8 Å². The third-order valence-corrected chi connectivity index (χ3v) is 1.93. The van der Waals surface area contributed by atoms with Crippen molar-refractivity contribution in [3.63, 3.8) is 0 Å². The van der Waals surface area contributed by atoms with E-state index in [4.69, 9.17) is 5.26 Å². The molecule has 1 nitrogen and oxygen atoms in total. The van der Waals surface area contributed by atoms with Crippen molar-refractivity contribution in [3.8, 4) is 6.07 Å². The van der Waals surface area contributed by atoms with Crippen molar-refractivity contribution < 1.29 is 8.78 Å². The Kier molecular flexibility index (Phi) is 2.85. The highest BCUT2D eigenvalue weighted by atomic mass is 19.2. The van der Waals surface area contributed by atoms with Crippen LogP contribution in [0.2, 0.25) is 0 Å². The number of hydrogen-bond donors (Lipinski definition) is 0. The summed E-state index contributed by atoms with van der Waals surface area (Å²) in [5.41, 5.74) is 0.0834. The first kappa shape index (κ1) is 10.6. The minimum Gasteiger partial charge on any atom is -0.204 e. The molecule has 0 fully saturated rings. The quantitative estimate of drug-likeness (QED) is 0.711.